The Morgan fingerprint density at radius 2 is 2.00 bits per heavy atom. The van der Waals surface area contributed by atoms with Crippen molar-refractivity contribution in [2.75, 3.05) is 19.5 Å². The van der Waals surface area contributed by atoms with Gasteiger partial charge in [-0.15, -0.1) is 11.3 Å². The van der Waals surface area contributed by atoms with Gasteiger partial charge in [-0.2, -0.15) is 5.10 Å². The van der Waals surface area contributed by atoms with Gasteiger partial charge in [0, 0.05) is 17.7 Å². The number of aromatic nitrogens is 3. The van der Waals surface area contributed by atoms with E-state index in [2.05, 4.69) is 15.4 Å². The molecule has 1 N–H and O–H groups in total. The van der Waals surface area contributed by atoms with Crippen molar-refractivity contribution in [2.45, 2.75) is 33.2 Å². The maximum atomic E-state index is 13.0. The van der Waals surface area contributed by atoms with E-state index in [1.54, 1.807) is 20.4 Å². The minimum absolute atomic E-state index is 0.160. The summed E-state index contributed by atoms with van der Waals surface area (Å²) in [5, 5.41) is 8.22. The molecular formula is C21H24N4O3S. The number of hydrogen-bond acceptors (Lipinski definition) is 6. The summed E-state index contributed by atoms with van der Waals surface area (Å²) >= 11 is 1.36. The number of ether oxygens (including phenoxy) is 2. The van der Waals surface area contributed by atoms with E-state index in [0.29, 0.717) is 28.0 Å². The molecule has 3 aromatic rings. The lowest BCUT2D eigenvalue weighted by molar-refractivity contribution is 0.102. The van der Waals surface area contributed by atoms with Crippen molar-refractivity contribution >= 4 is 23.1 Å². The van der Waals surface area contributed by atoms with Gasteiger partial charge >= 0.3 is 0 Å². The molecule has 2 heterocycles. The average molecular weight is 413 g/mol. The number of methoxy groups -OCH3 is 2. The molecule has 0 radical (unpaired) electrons. The molecule has 0 aliphatic heterocycles. The Morgan fingerprint density at radius 1 is 1.24 bits per heavy atom. The number of aryl methyl sites for hydroxylation is 2. The van der Waals surface area contributed by atoms with Crippen LogP contribution in [0.4, 0.5) is 5.82 Å². The van der Waals surface area contributed by atoms with Crippen molar-refractivity contribution in [3.05, 3.63) is 40.5 Å². The first-order chi connectivity index (χ1) is 14.0. The molecule has 29 heavy (non-hydrogen) atoms. The number of carbonyl (C=O) groups is 1. The van der Waals surface area contributed by atoms with E-state index in [1.165, 1.54) is 24.2 Å². The lowest BCUT2D eigenvalue weighted by Gasteiger charge is -2.09. The van der Waals surface area contributed by atoms with Gasteiger partial charge in [-0.05, 0) is 50.8 Å². The van der Waals surface area contributed by atoms with E-state index >= 15 is 0 Å². The van der Waals surface area contributed by atoms with Gasteiger partial charge < -0.3 is 14.8 Å². The van der Waals surface area contributed by atoms with E-state index in [0.717, 1.165) is 28.5 Å². The molecule has 1 fully saturated rings. The molecule has 1 amide bonds. The summed E-state index contributed by atoms with van der Waals surface area (Å²) in [6, 6.07) is 5.62. The second-order valence-electron chi connectivity index (χ2n) is 7.26. The number of thiazole rings is 1. The molecule has 1 saturated carbocycles. The van der Waals surface area contributed by atoms with Gasteiger partial charge in [-0.25, -0.2) is 9.67 Å². The summed E-state index contributed by atoms with van der Waals surface area (Å²) in [4.78, 5) is 18.2. The van der Waals surface area contributed by atoms with Crippen molar-refractivity contribution in [3.8, 4) is 22.1 Å². The van der Waals surface area contributed by atoms with Crippen molar-refractivity contribution in [2.24, 2.45) is 5.92 Å². The van der Waals surface area contributed by atoms with Crippen LogP contribution in [0.3, 0.4) is 0 Å². The zero-order chi connectivity index (χ0) is 20.5. The summed E-state index contributed by atoms with van der Waals surface area (Å²) in [5.41, 5.74) is 2.54. The van der Waals surface area contributed by atoms with Gasteiger partial charge in [0.25, 0.3) is 5.91 Å². The molecule has 2 aromatic heterocycles. The number of carbonyl (C=O) groups excluding carboxylic acids is 1. The van der Waals surface area contributed by atoms with Crippen LogP contribution in [0.2, 0.25) is 0 Å². The first-order valence-electron chi connectivity index (χ1n) is 9.53. The van der Waals surface area contributed by atoms with Crippen LogP contribution in [0, 0.1) is 19.8 Å². The Morgan fingerprint density at radius 3 is 2.69 bits per heavy atom. The molecule has 152 valence electrons. The molecule has 1 aliphatic carbocycles. The topological polar surface area (TPSA) is 78.3 Å². The third kappa shape index (κ3) is 3.98. The Hall–Kier alpha value is -2.87. The quantitative estimate of drug-likeness (QED) is 0.626. The second-order valence-corrected chi connectivity index (χ2v) is 8.26. The predicted molar refractivity (Wildman–Crippen MR) is 113 cm³/mol. The zero-order valence-electron chi connectivity index (χ0n) is 17.0. The Kier molecular flexibility index (Phi) is 5.27. The Bertz CT molecular complexity index is 1050. The number of hydrogen-bond donors (Lipinski definition) is 1. The number of anilines is 1. The molecule has 4 rings (SSSR count). The number of benzene rings is 1. The molecule has 0 atom stereocenters. The number of nitrogens with one attached hydrogen (secondary N) is 1. The monoisotopic (exact) mass is 412 g/mol. The van der Waals surface area contributed by atoms with Crippen molar-refractivity contribution in [3.63, 3.8) is 0 Å². The van der Waals surface area contributed by atoms with Gasteiger partial charge in [0.2, 0.25) is 0 Å². The largest absolute Gasteiger partial charge is 0.493 e. The van der Waals surface area contributed by atoms with Crippen molar-refractivity contribution < 1.29 is 14.3 Å². The summed E-state index contributed by atoms with van der Waals surface area (Å²) in [6.07, 6.45) is 4.26. The number of amides is 1. The maximum absolute atomic E-state index is 13.0. The summed E-state index contributed by atoms with van der Waals surface area (Å²) in [7, 11) is 3.20. The fourth-order valence-electron chi connectivity index (χ4n) is 3.19. The third-order valence-corrected chi connectivity index (χ3v) is 6.22. The standard InChI is InChI=1S/C21H24N4O3S/c1-12-10-22-25(11-14-5-6-14)19(12)24-20(26)18-13(2)23-21(29-18)15-7-8-16(27-3)17(9-15)28-4/h7-10,14H,5-6,11H2,1-4H3,(H,24,26). The van der Waals surface area contributed by atoms with E-state index in [4.69, 9.17) is 9.47 Å². The van der Waals surface area contributed by atoms with Gasteiger partial charge in [-0.1, -0.05) is 0 Å². The number of nitrogens with zero attached hydrogens (tertiary/aromatic N) is 3. The second kappa shape index (κ2) is 7.87. The molecule has 1 aromatic carbocycles. The summed E-state index contributed by atoms with van der Waals surface area (Å²) < 4.78 is 12.6. The van der Waals surface area contributed by atoms with Crippen LogP contribution in [0.5, 0.6) is 11.5 Å². The van der Waals surface area contributed by atoms with Crippen LogP contribution in [0.15, 0.2) is 24.4 Å². The van der Waals surface area contributed by atoms with Crippen molar-refractivity contribution in [1.82, 2.24) is 14.8 Å². The first-order valence-corrected chi connectivity index (χ1v) is 10.4. The SMILES string of the molecule is COc1ccc(-c2nc(C)c(C(=O)Nc3c(C)cnn3CC3CC3)s2)cc1OC. The van der Waals surface area contributed by atoms with Crippen LogP contribution < -0.4 is 14.8 Å². The van der Waals surface area contributed by atoms with Crippen LogP contribution >= 0.6 is 11.3 Å². The van der Waals surface area contributed by atoms with Crippen LogP contribution in [-0.2, 0) is 6.54 Å². The van der Waals surface area contributed by atoms with Gasteiger partial charge in [0.15, 0.2) is 11.5 Å². The van der Waals surface area contributed by atoms with Crippen LogP contribution in [0.25, 0.3) is 10.6 Å². The van der Waals surface area contributed by atoms with Gasteiger partial charge in [-0.3, -0.25) is 4.79 Å². The molecule has 0 unspecified atom stereocenters. The molecule has 8 heteroatoms. The lowest BCUT2D eigenvalue weighted by Crippen LogP contribution is -2.17. The van der Waals surface area contributed by atoms with Gasteiger partial charge in [0.05, 0.1) is 26.1 Å². The highest BCUT2D eigenvalue weighted by atomic mass is 32.1. The summed E-state index contributed by atoms with van der Waals surface area (Å²) in [5.74, 6) is 2.56. The molecule has 0 spiro atoms. The minimum Gasteiger partial charge on any atom is -0.493 e. The normalized spacial score (nSPS) is 13.4. The van der Waals surface area contributed by atoms with Crippen LogP contribution in [0.1, 0.15) is 33.8 Å². The highest BCUT2D eigenvalue weighted by molar-refractivity contribution is 7.17. The Labute approximate surface area is 173 Å². The van der Waals surface area contributed by atoms with Gasteiger partial charge in [0.1, 0.15) is 15.7 Å². The van der Waals surface area contributed by atoms with E-state index in [9.17, 15) is 4.79 Å². The fourth-order valence-corrected chi connectivity index (χ4v) is 4.15. The predicted octanol–water partition coefficient (Wildman–Crippen LogP) is 4.30. The van der Waals surface area contributed by atoms with E-state index in [-0.39, 0.29) is 5.91 Å². The smallest absolute Gasteiger partial charge is 0.268 e. The molecule has 0 bridgehead atoms. The maximum Gasteiger partial charge on any atom is 0.268 e. The fraction of sp³-hybridized carbons (Fsp3) is 0.381. The van der Waals surface area contributed by atoms with Crippen LogP contribution in [-0.4, -0.2) is 34.9 Å². The average Bonchev–Trinajstić information content (AvgIpc) is 3.37. The van der Waals surface area contributed by atoms with Crippen molar-refractivity contribution in [1.29, 1.82) is 0 Å². The molecule has 0 saturated heterocycles. The lowest BCUT2D eigenvalue weighted by atomic mass is 10.2. The minimum atomic E-state index is -0.160. The molecular weight excluding hydrogens is 388 g/mol. The summed E-state index contributed by atoms with van der Waals surface area (Å²) in [6.45, 7) is 4.66. The van der Waals surface area contributed by atoms with E-state index in [1.807, 2.05) is 36.7 Å². The zero-order valence-corrected chi connectivity index (χ0v) is 17.8. The highest BCUT2D eigenvalue weighted by Crippen LogP contribution is 2.35. The highest BCUT2D eigenvalue weighted by Gasteiger charge is 2.25. The third-order valence-electron chi connectivity index (χ3n) is 5.02. The van der Waals surface area contributed by atoms with E-state index < -0.39 is 0 Å². The molecule has 1 aliphatic rings. The number of rotatable bonds is 7. The first kappa shape index (κ1) is 19.4. The molecule has 7 nitrogen and oxygen atoms in total. The Balaban J connectivity index is 1.58.